The lowest BCUT2D eigenvalue weighted by molar-refractivity contribution is -0.115. The Balaban J connectivity index is 2.08. The van der Waals surface area contributed by atoms with Gasteiger partial charge in [-0.2, -0.15) is 0 Å². The van der Waals surface area contributed by atoms with Gasteiger partial charge in [0.15, 0.2) is 11.5 Å². The molecule has 2 aromatic rings. The number of thioether (sulfide) groups is 1. The molecular formula is C18H19FN2O3S. The van der Waals surface area contributed by atoms with Gasteiger partial charge in [0.05, 0.1) is 25.7 Å². The van der Waals surface area contributed by atoms with Crippen LogP contribution in [0.3, 0.4) is 0 Å². The Morgan fingerprint density at radius 3 is 2.44 bits per heavy atom. The Morgan fingerprint density at radius 1 is 1.20 bits per heavy atom. The third-order valence-electron chi connectivity index (χ3n) is 4.09. The minimum absolute atomic E-state index is 0.0266. The summed E-state index contributed by atoms with van der Waals surface area (Å²) in [4.78, 5) is 14.3. The number of halogens is 1. The first-order chi connectivity index (χ1) is 12.1. The highest BCUT2D eigenvalue weighted by Gasteiger charge is 2.35. The number of rotatable bonds is 5. The van der Waals surface area contributed by atoms with E-state index in [4.69, 9.17) is 15.2 Å². The van der Waals surface area contributed by atoms with Gasteiger partial charge in [-0.15, -0.1) is 11.8 Å². The second-order valence-electron chi connectivity index (χ2n) is 5.52. The number of carbonyl (C=O) groups is 1. The minimum Gasteiger partial charge on any atom is -0.493 e. The SMILES string of the molecule is COc1cc(CN)c(N2C(=O)CSC2c2ccc(F)cc2)cc1OC. The maximum atomic E-state index is 13.2. The number of anilines is 1. The summed E-state index contributed by atoms with van der Waals surface area (Å²) in [5.74, 6) is 1.10. The topological polar surface area (TPSA) is 64.8 Å². The summed E-state index contributed by atoms with van der Waals surface area (Å²) in [6.07, 6.45) is 0. The van der Waals surface area contributed by atoms with E-state index in [0.717, 1.165) is 11.1 Å². The van der Waals surface area contributed by atoms with Gasteiger partial charge in [0.25, 0.3) is 0 Å². The molecule has 1 heterocycles. The molecule has 1 aliphatic heterocycles. The summed E-state index contributed by atoms with van der Waals surface area (Å²) in [7, 11) is 3.10. The first kappa shape index (κ1) is 17.6. The fraction of sp³-hybridized carbons (Fsp3) is 0.278. The fourth-order valence-corrected chi connectivity index (χ4v) is 4.03. The number of nitrogens with two attached hydrogens (primary N) is 1. The highest BCUT2D eigenvalue weighted by atomic mass is 32.2. The Hall–Kier alpha value is -2.25. The predicted octanol–water partition coefficient (Wildman–Crippen LogP) is 3.08. The Kier molecular flexibility index (Phi) is 5.15. The molecule has 1 unspecified atom stereocenters. The Morgan fingerprint density at radius 2 is 1.84 bits per heavy atom. The number of ether oxygens (including phenoxy) is 2. The molecule has 0 saturated carbocycles. The largest absolute Gasteiger partial charge is 0.493 e. The number of methoxy groups -OCH3 is 2. The van der Waals surface area contributed by atoms with Crippen LogP contribution >= 0.6 is 11.8 Å². The first-order valence-electron chi connectivity index (χ1n) is 7.73. The lowest BCUT2D eigenvalue weighted by Crippen LogP contribution is -2.29. The molecule has 2 aromatic carbocycles. The van der Waals surface area contributed by atoms with Crippen molar-refractivity contribution in [3.05, 3.63) is 53.3 Å². The lowest BCUT2D eigenvalue weighted by atomic mass is 10.1. The molecule has 0 aromatic heterocycles. The zero-order chi connectivity index (χ0) is 18.0. The van der Waals surface area contributed by atoms with Gasteiger partial charge in [-0.3, -0.25) is 9.69 Å². The summed E-state index contributed by atoms with van der Waals surface area (Å²) in [6, 6.07) is 9.74. The monoisotopic (exact) mass is 362 g/mol. The van der Waals surface area contributed by atoms with Crippen LogP contribution in [0, 0.1) is 5.82 Å². The van der Waals surface area contributed by atoms with E-state index in [0.29, 0.717) is 22.9 Å². The number of nitrogens with zero attached hydrogens (tertiary/aromatic N) is 1. The minimum atomic E-state index is -0.307. The van der Waals surface area contributed by atoms with E-state index in [2.05, 4.69) is 0 Å². The van der Waals surface area contributed by atoms with E-state index in [9.17, 15) is 9.18 Å². The van der Waals surface area contributed by atoms with Crippen LogP contribution in [-0.2, 0) is 11.3 Å². The van der Waals surface area contributed by atoms with Crippen LogP contribution in [0.5, 0.6) is 11.5 Å². The number of amides is 1. The molecule has 1 atom stereocenters. The van der Waals surface area contributed by atoms with Gasteiger partial charge < -0.3 is 15.2 Å². The molecule has 1 aliphatic rings. The van der Waals surface area contributed by atoms with E-state index >= 15 is 0 Å². The average molecular weight is 362 g/mol. The molecule has 132 valence electrons. The van der Waals surface area contributed by atoms with Crippen molar-refractivity contribution in [2.45, 2.75) is 11.9 Å². The Bertz CT molecular complexity index is 783. The quantitative estimate of drug-likeness (QED) is 0.886. The molecule has 5 nitrogen and oxygen atoms in total. The maximum Gasteiger partial charge on any atom is 0.238 e. The van der Waals surface area contributed by atoms with Gasteiger partial charge in [0, 0.05) is 12.6 Å². The van der Waals surface area contributed by atoms with Gasteiger partial charge in [-0.05, 0) is 29.3 Å². The summed E-state index contributed by atoms with van der Waals surface area (Å²) >= 11 is 1.50. The van der Waals surface area contributed by atoms with Crippen molar-refractivity contribution in [3.8, 4) is 11.5 Å². The van der Waals surface area contributed by atoms with Crippen molar-refractivity contribution in [2.24, 2.45) is 5.73 Å². The number of hydrogen-bond donors (Lipinski definition) is 1. The van der Waals surface area contributed by atoms with E-state index in [1.165, 1.54) is 23.9 Å². The second-order valence-corrected chi connectivity index (χ2v) is 6.59. The van der Waals surface area contributed by atoms with Crippen molar-refractivity contribution in [3.63, 3.8) is 0 Å². The summed E-state index contributed by atoms with van der Waals surface area (Å²) in [5, 5.41) is -0.239. The lowest BCUT2D eigenvalue weighted by Gasteiger charge is -2.27. The summed E-state index contributed by atoms with van der Waals surface area (Å²) in [5.41, 5.74) is 8.21. The molecule has 3 rings (SSSR count). The standard InChI is InChI=1S/C18H19FN2O3S/c1-23-15-7-12(9-20)14(8-16(15)24-2)21-17(22)10-25-18(21)11-3-5-13(19)6-4-11/h3-8,18H,9-10,20H2,1-2H3. The van der Waals surface area contributed by atoms with Crippen molar-refractivity contribution < 1.29 is 18.7 Å². The molecule has 1 saturated heterocycles. The van der Waals surface area contributed by atoms with Crippen molar-refractivity contribution >= 4 is 23.4 Å². The van der Waals surface area contributed by atoms with E-state index < -0.39 is 0 Å². The molecule has 1 amide bonds. The molecule has 2 N–H and O–H groups in total. The van der Waals surface area contributed by atoms with Gasteiger partial charge in [0.1, 0.15) is 11.2 Å². The molecule has 0 bridgehead atoms. The van der Waals surface area contributed by atoms with E-state index in [1.54, 1.807) is 43.4 Å². The normalized spacial score (nSPS) is 17.0. The predicted molar refractivity (Wildman–Crippen MR) is 96.5 cm³/mol. The van der Waals surface area contributed by atoms with Crippen LogP contribution in [0.4, 0.5) is 10.1 Å². The number of benzene rings is 2. The van der Waals surface area contributed by atoms with Crippen LogP contribution in [0.15, 0.2) is 36.4 Å². The zero-order valence-corrected chi connectivity index (χ0v) is 14.8. The van der Waals surface area contributed by atoms with Crippen LogP contribution < -0.4 is 20.1 Å². The highest BCUT2D eigenvalue weighted by molar-refractivity contribution is 8.00. The van der Waals surface area contributed by atoms with Crippen LogP contribution in [0.25, 0.3) is 0 Å². The molecular weight excluding hydrogens is 343 g/mol. The van der Waals surface area contributed by atoms with Crippen LogP contribution in [0.2, 0.25) is 0 Å². The van der Waals surface area contributed by atoms with Gasteiger partial charge in [-0.25, -0.2) is 4.39 Å². The molecule has 7 heteroatoms. The third kappa shape index (κ3) is 3.29. The zero-order valence-electron chi connectivity index (χ0n) is 14.0. The smallest absolute Gasteiger partial charge is 0.238 e. The fourth-order valence-electron chi connectivity index (χ4n) is 2.86. The summed E-state index contributed by atoms with van der Waals surface area (Å²) < 4.78 is 23.9. The molecule has 1 fully saturated rings. The van der Waals surface area contributed by atoms with Crippen molar-refractivity contribution in [1.82, 2.24) is 0 Å². The molecule has 0 radical (unpaired) electrons. The van der Waals surface area contributed by atoms with E-state index in [-0.39, 0.29) is 23.6 Å². The second kappa shape index (κ2) is 7.33. The third-order valence-corrected chi connectivity index (χ3v) is 5.30. The van der Waals surface area contributed by atoms with E-state index in [1.807, 2.05) is 0 Å². The Labute approximate surface area is 149 Å². The van der Waals surface area contributed by atoms with Gasteiger partial charge in [0.2, 0.25) is 5.91 Å². The van der Waals surface area contributed by atoms with Gasteiger partial charge in [-0.1, -0.05) is 12.1 Å². The maximum absolute atomic E-state index is 13.2. The number of carbonyl (C=O) groups excluding carboxylic acids is 1. The first-order valence-corrected chi connectivity index (χ1v) is 8.78. The molecule has 0 spiro atoms. The van der Waals surface area contributed by atoms with Gasteiger partial charge >= 0.3 is 0 Å². The highest BCUT2D eigenvalue weighted by Crippen LogP contribution is 2.45. The molecule has 0 aliphatic carbocycles. The van der Waals surface area contributed by atoms with Crippen LogP contribution in [-0.4, -0.2) is 25.9 Å². The summed E-state index contributed by atoms with van der Waals surface area (Å²) in [6.45, 7) is 0.250. The number of hydrogen-bond acceptors (Lipinski definition) is 5. The van der Waals surface area contributed by atoms with Crippen molar-refractivity contribution in [1.29, 1.82) is 0 Å². The van der Waals surface area contributed by atoms with Crippen LogP contribution in [0.1, 0.15) is 16.5 Å². The van der Waals surface area contributed by atoms with Crippen molar-refractivity contribution in [2.75, 3.05) is 24.9 Å². The average Bonchev–Trinajstić information content (AvgIpc) is 3.02. The molecule has 25 heavy (non-hydrogen) atoms.